The van der Waals surface area contributed by atoms with E-state index in [-0.39, 0.29) is 0 Å². The molecule has 0 aliphatic rings. The van der Waals surface area contributed by atoms with Crippen molar-refractivity contribution in [2.24, 2.45) is 0 Å². The minimum Gasteiger partial charge on any atom is -0.384 e. The minimum atomic E-state index is -0.705. The number of aromatic nitrogens is 2. The van der Waals surface area contributed by atoms with Crippen molar-refractivity contribution >= 4 is 11.6 Å². The van der Waals surface area contributed by atoms with Crippen LogP contribution in [0.15, 0.2) is 42.9 Å². The second-order valence-electron chi connectivity index (χ2n) is 3.10. The monoisotopic (exact) mass is 220 g/mol. The van der Waals surface area contributed by atoms with E-state index in [1.807, 2.05) is 6.07 Å². The van der Waals surface area contributed by atoms with Crippen molar-refractivity contribution < 1.29 is 5.11 Å². The van der Waals surface area contributed by atoms with Crippen LogP contribution in [0.4, 0.5) is 0 Å². The summed E-state index contributed by atoms with van der Waals surface area (Å²) in [6.07, 6.45) is 4.14. The van der Waals surface area contributed by atoms with Gasteiger partial charge in [-0.15, -0.1) is 0 Å². The van der Waals surface area contributed by atoms with Crippen molar-refractivity contribution in [2.75, 3.05) is 0 Å². The lowest BCUT2D eigenvalue weighted by atomic mass is 10.1. The van der Waals surface area contributed by atoms with E-state index in [0.29, 0.717) is 10.7 Å². The van der Waals surface area contributed by atoms with Crippen molar-refractivity contribution in [3.8, 4) is 0 Å². The normalized spacial score (nSPS) is 12.4. The highest BCUT2D eigenvalue weighted by atomic mass is 35.5. The average Bonchev–Trinajstić information content (AvgIpc) is 2.30. The third-order valence-electron chi connectivity index (χ3n) is 2.07. The molecule has 1 N–H and O–H groups in total. The maximum atomic E-state index is 9.96. The third-order valence-corrected chi connectivity index (χ3v) is 2.29. The standard InChI is InChI=1S/C11H9ClN2O/c12-10-4-3-9(7-14-10)11(15)8-2-1-5-13-6-8/h1-7,11,15H. The van der Waals surface area contributed by atoms with E-state index in [0.717, 1.165) is 5.56 Å². The van der Waals surface area contributed by atoms with Crippen LogP contribution < -0.4 is 0 Å². The van der Waals surface area contributed by atoms with Gasteiger partial charge in [0.2, 0.25) is 0 Å². The van der Waals surface area contributed by atoms with Crippen LogP contribution in [0.5, 0.6) is 0 Å². The quantitative estimate of drug-likeness (QED) is 0.790. The summed E-state index contributed by atoms with van der Waals surface area (Å²) in [6.45, 7) is 0. The van der Waals surface area contributed by atoms with Crippen LogP contribution >= 0.6 is 11.6 Å². The number of hydrogen-bond acceptors (Lipinski definition) is 3. The Morgan fingerprint density at radius 2 is 1.93 bits per heavy atom. The molecule has 0 aromatic carbocycles. The molecule has 0 fully saturated rings. The Morgan fingerprint density at radius 1 is 1.13 bits per heavy atom. The van der Waals surface area contributed by atoms with E-state index < -0.39 is 6.10 Å². The number of aliphatic hydroxyl groups excluding tert-OH is 1. The Balaban J connectivity index is 2.29. The highest BCUT2D eigenvalue weighted by Crippen LogP contribution is 2.20. The maximum absolute atomic E-state index is 9.96. The van der Waals surface area contributed by atoms with Crippen LogP contribution in [-0.2, 0) is 0 Å². The molecule has 2 rings (SSSR count). The Hall–Kier alpha value is -1.45. The number of rotatable bonds is 2. The zero-order valence-corrected chi connectivity index (χ0v) is 8.59. The van der Waals surface area contributed by atoms with Crippen molar-refractivity contribution in [2.45, 2.75) is 6.10 Å². The summed E-state index contributed by atoms with van der Waals surface area (Å²) < 4.78 is 0. The molecule has 0 amide bonds. The molecule has 15 heavy (non-hydrogen) atoms. The molecular weight excluding hydrogens is 212 g/mol. The first-order chi connectivity index (χ1) is 7.27. The third kappa shape index (κ3) is 2.32. The molecule has 3 nitrogen and oxygen atoms in total. The highest BCUT2D eigenvalue weighted by Gasteiger charge is 2.10. The predicted molar refractivity (Wildman–Crippen MR) is 57.5 cm³/mol. The van der Waals surface area contributed by atoms with Gasteiger partial charge in [-0.2, -0.15) is 0 Å². The van der Waals surface area contributed by atoms with Crippen molar-refractivity contribution in [1.82, 2.24) is 9.97 Å². The summed E-state index contributed by atoms with van der Waals surface area (Å²) in [6, 6.07) is 6.98. The Morgan fingerprint density at radius 3 is 2.53 bits per heavy atom. The number of halogens is 1. The summed E-state index contributed by atoms with van der Waals surface area (Å²) in [4.78, 5) is 7.85. The van der Waals surface area contributed by atoms with E-state index in [1.165, 1.54) is 0 Å². The summed E-state index contributed by atoms with van der Waals surface area (Å²) in [5.74, 6) is 0. The molecule has 0 aliphatic carbocycles. The van der Waals surface area contributed by atoms with Crippen molar-refractivity contribution in [3.05, 3.63) is 59.1 Å². The molecule has 2 heterocycles. The second-order valence-corrected chi connectivity index (χ2v) is 3.49. The van der Waals surface area contributed by atoms with Gasteiger partial charge in [-0.1, -0.05) is 23.7 Å². The molecule has 1 atom stereocenters. The van der Waals surface area contributed by atoms with E-state index >= 15 is 0 Å². The van der Waals surface area contributed by atoms with Crippen LogP contribution in [0.1, 0.15) is 17.2 Å². The fourth-order valence-electron chi connectivity index (χ4n) is 1.28. The molecule has 2 aromatic rings. The van der Waals surface area contributed by atoms with Gasteiger partial charge in [0.25, 0.3) is 0 Å². The van der Waals surface area contributed by atoms with Gasteiger partial charge in [0.05, 0.1) is 0 Å². The van der Waals surface area contributed by atoms with Crippen LogP contribution in [-0.4, -0.2) is 15.1 Å². The van der Waals surface area contributed by atoms with Gasteiger partial charge in [-0.25, -0.2) is 4.98 Å². The lowest BCUT2D eigenvalue weighted by Crippen LogP contribution is -2.00. The zero-order valence-electron chi connectivity index (χ0n) is 7.84. The number of pyridine rings is 2. The molecule has 2 aromatic heterocycles. The summed E-state index contributed by atoms with van der Waals surface area (Å²) in [5, 5.41) is 10.4. The fourth-order valence-corrected chi connectivity index (χ4v) is 1.39. The van der Waals surface area contributed by atoms with E-state index in [2.05, 4.69) is 9.97 Å². The molecule has 0 bridgehead atoms. The minimum absolute atomic E-state index is 0.414. The summed E-state index contributed by atoms with van der Waals surface area (Å²) in [7, 11) is 0. The number of hydrogen-bond donors (Lipinski definition) is 1. The highest BCUT2D eigenvalue weighted by molar-refractivity contribution is 6.29. The molecule has 1 unspecified atom stereocenters. The molecule has 0 saturated heterocycles. The van der Waals surface area contributed by atoms with Gasteiger partial charge < -0.3 is 5.11 Å². The van der Waals surface area contributed by atoms with Crippen LogP contribution in [0.3, 0.4) is 0 Å². The maximum Gasteiger partial charge on any atom is 0.129 e. The van der Waals surface area contributed by atoms with Gasteiger partial charge in [0, 0.05) is 29.7 Å². The molecular formula is C11H9ClN2O. The lowest BCUT2D eigenvalue weighted by molar-refractivity contribution is 0.219. The summed E-state index contributed by atoms with van der Waals surface area (Å²) in [5.41, 5.74) is 1.44. The first-order valence-electron chi connectivity index (χ1n) is 4.47. The van der Waals surface area contributed by atoms with Gasteiger partial charge in [0.1, 0.15) is 11.3 Å². The molecule has 0 spiro atoms. The lowest BCUT2D eigenvalue weighted by Gasteiger charge is -2.09. The number of aliphatic hydroxyl groups is 1. The first-order valence-corrected chi connectivity index (χ1v) is 4.84. The Labute approximate surface area is 92.4 Å². The van der Waals surface area contributed by atoms with Crippen LogP contribution in [0.2, 0.25) is 5.15 Å². The topological polar surface area (TPSA) is 46.0 Å². The largest absolute Gasteiger partial charge is 0.384 e. The Kier molecular flexibility index (Phi) is 2.94. The zero-order chi connectivity index (χ0) is 10.7. The fraction of sp³-hybridized carbons (Fsp3) is 0.0909. The van der Waals surface area contributed by atoms with E-state index in [1.54, 1.807) is 36.8 Å². The van der Waals surface area contributed by atoms with Gasteiger partial charge in [-0.3, -0.25) is 4.98 Å². The molecule has 0 radical (unpaired) electrons. The van der Waals surface area contributed by atoms with Gasteiger partial charge in [-0.05, 0) is 12.1 Å². The predicted octanol–water partition coefficient (Wildman–Crippen LogP) is 2.21. The van der Waals surface area contributed by atoms with Gasteiger partial charge in [0.15, 0.2) is 0 Å². The Bertz CT molecular complexity index is 430. The SMILES string of the molecule is OC(c1cccnc1)c1ccc(Cl)nc1. The first kappa shape index (κ1) is 10.1. The van der Waals surface area contributed by atoms with Crippen LogP contribution in [0, 0.1) is 0 Å². The smallest absolute Gasteiger partial charge is 0.129 e. The van der Waals surface area contributed by atoms with Crippen molar-refractivity contribution in [3.63, 3.8) is 0 Å². The van der Waals surface area contributed by atoms with Crippen molar-refractivity contribution in [1.29, 1.82) is 0 Å². The molecule has 4 heteroatoms. The van der Waals surface area contributed by atoms with E-state index in [9.17, 15) is 5.11 Å². The number of nitrogens with zero attached hydrogens (tertiary/aromatic N) is 2. The summed E-state index contributed by atoms with van der Waals surface area (Å²) >= 11 is 5.66. The second kappa shape index (κ2) is 4.38. The molecule has 76 valence electrons. The van der Waals surface area contributed by atoms with Crippen LogP contribution in [0.25, 0.3) is 0 Å². The molecule has 0 aliphatic heterocycles. The molecule has 0 saturated carbocycles. The average molecular weight is 221 g/mol. The van der Waals surface area contributed by atoms with Gasteiger partial charge >= 0.3 is 0 Å². The van der Waals surface area contributed by atoms with E-state index in [4.69, 9.17) is 11.6 Å².